The fourth-order valence-electron chi connectivity index (χ4n) is 7.90. The van der Waals surface area contributed by atoms with Crippen molar-refractivity contribution in [3.8, 4) is 11.3 Å². The molecule has 258 valence electrons. The molecule has 3 aliphatic rings. The van der Waals surface area contributed by atoms with Gasteiger partial charge in [-0.1, -0.05) is 60.1 Å². The van der Waals surface area contributed by atoms with Gasteiger partial charge in [-0.15, -0.1) is 0 Å². The van der Waals surface area contributed by atoms with Gasteiger partial charge in [0.1, 0.15) is 34.5 Å². The molecule has 0 bridgehead atoms. The van der Waals surface area contributed by atoms with Crippen LogP contribution in [0.4, 0.5) is 15.0 Å². The molecule has 0 radical (unpaired) electrons. The third-order valence-electron chi connectivity index (χ3n) is 10.5. The Morgan fingerprint density at radius 2 is 1.92 bits per heavy atom. The summed E-state index contributed by atoms with van der Waals surface area (Å²) in [5.41, 5.74) is 2.60. The van der Waals surface area contributed by atoms with E-state index in [0.29, 0.717) is 53.5 Å². The summed E-state index contributed by atoms with van der Waals surface area (Å²) >= 11 is 6.55. The Kier molecular flexibility index (Phi) is 8.52. The molecule has 11 nitrogen and oxygen atoms in total. The molecule has 50 heavy (non-hydrogen) atoms. The van der Waals surface area contributed by atoms with Gasteiger partial charge in [0.25, 0.3) is 5.56 Å². The highest BCUT2D eigenvalue weighted by molar-refractivity contribution is 6.33. The summed E-state index contributed by atoms with van der Waals surface area (Å²) in [4.78, 5) is 37.7. The zero-order valence-electron chi connectivity index (χ0n) is 27.6. The largest absolute Gasteiger partial charge is 0.445 e. The maximum atomic E-state index is 15.5. The lowest BCUT2D eigenvalue weighted by Crippen LogP contribution is -2.36. The van der Waals surface area contributed by atoms with E-state index in [0.717, 1.165) is 31.2 Å². The number of aromatic nitrogens is 5. The van der Waals surface area contributed by atoms with Gasteiger partial charge in [-0.25, -0.2) is 23.8 Å². The Morgan fingerprint density at radius 3 is 2.72 bits per heavy atom. The molecule has 8 rings (SSSR count). The van der Waals surface area contributed by atoms with E-state index in [-0.39, 0.29) is 47.6 Å². The van der Waals surface area contributed by atoms with Crippen molar-refractivity contribution >= 4 is 34.7 Å². The minimum atomic E-state index is -0.593. The quantitative estimate of drug-likeness (QED) is 0.210. The van der Waals surface area contributed by atoms with Gasteiger partial charge in [0.15, 0.2) is 11.9 Å². The second-order valence-corrected chi connectivity index (χ2v) is 13.7. The van der Waals surface area contributed by atoms with Crippen LogP contribution in [0.3, 0.4) is 0 Å². The first-order valence-corrected chi connectivity index (χ1v) is 17.4. The maximum absolute atomic E-state index is 15.5. The van der Waals surface area contributed by atoms with Crippen LogP contribution in [0.15, 0.2) is 77.9 Å². The zero-order valence-corrected chi connectivity index (χ0v) is 28.4. The second kappa shape index (κ2) is 13.1. The highest BCUT2D eigenvalue weighted by Crippen LogP contribution is 2.63. The highest BCUT2D eigenvalue weighted by atomic mass is 35.5. The number of alkyl carbamates (subject to hydrolysis) is 1. The fraction of sp³-hybridized carbons (Fsp3) is 0.378. The lowest BCUT2D eigenvalue weighted by molar-refractivity contribution is -0.0368. The maximum Gasteiger partial charge on any atom is 0.407 e. The van der Waals surface area contributed by atoms with E-state index < -0.39 is 11.5 Å². The van der Waals surface area contributed by atoms with Crippen molar-refractivity contribution in [3.05, 3.63) is 105 Å². The Labute approximate surface area is 293 Å². The fourth-order valence-corrected chi connectivity index (χ4v) is 8.19. The molecule has 4 atom stereocenters. The van der Waals surface area contributed by atoms with Crippen LogP contribution in [-0.2, 0) is 28.5 Å². The summed E-state index contributed by atoms with van der Waals surface area (Å²) in [5.74, 6) is 0.602. The van der Waals surface area contributed by atoms with Crippen molar-refractivity contribution in [1.82, 2.24) is 29.6 Å². The number of hydrogen-bond donors (Lipinski definition) is 1. The Hall–Kier alpha value is -4.81. The van der Waals surface area contributed by atoms with Gasteiger partial charge < -0.3 is 24.3 Å². The Bertz CT molecular complexity index is 2120. The van der Waals surface area contributed by atoms with Crippen LogP contribution in [-0.4, -0.2) is 56.6 Å². The van der Waals surface area contributed by atoms with Gasteiger partial charge in [-0.3, -0.25) is 4.79 Å². The number of nitrogens with zero attached hydrogens (tertiary/aromatic N) is 6. The molecule has 1 unspecified atom stereocenters. The number of nitrogens with one attached hydrogen (secondary N) is 1. The molecule has 3 aromatic heterocycles. The number of aryl methyl sites for hydroxylation is 1. The molecule has 1 amide bonds. The molecule has 2 saturated heterocycles. The molecule has 2 aliphatic heterocycles. The van der Waals surface area contributed by atoms with Crippen LogP contribution < -0.4 is 15.8 Å². The first-order chi connectivity index (χ1) is 24.3. The zero-order chi connectivity index (χ0) is 34.4. The van der Waals surface area contributed by atoms with E-state index in [4.69, 9.17) is 36.1 Å². The van der Waals surface area contributed by atoms with Gasteiger partial charge >= 0.3 is 6.09 Å². The third kappa shape index (κ3) is 5.69. The number of benzene rings is 2. The van der Waals surface area contributed by atoms with Crippen molar-refractivity contribution in [3.63, 3.8) is 0 Å². The molecule has 5 aromatic rings. The molecular formula is C37H37ClFN7O4. The van der Waals surface area contributed by atoms with Crippen LogP contribution in [0.5, 0.6) is 0 Å². The number of carbonyl (C=O) groups is 1. The summed E-state index contributed by atoms with van der Waals surface area (Å²) in [6.07, 6.45) is 6.03. The smallest absolute Gasteiger partial charge is 0.407 e. The number of ether oxygens (including phenoxy) is 2. The topological polar surface area (TPSA) is 116 Å². The van der Waals surface area contributed by atoms with Crippen molar-refractivity contribution in [2.24, 2.45) is 18.9 Å². The highest BCUT2D eigenvalue weighted by Gasteiger charge is 2.67. The standard InChI is InChI=1S/C37H37ClFN7O4/c1-44-16-14-24(31(38)35(44)47)32-33-34(46(43-32)30-13-7-8-18-49-30)42-29(19-40-33)45-17-15-25-27(20-45)37(25,26-11-5-6-12-28(26)39)22-41-36(48)50-21-23-9-3-2-4-10-23/h2-6,9-12,14,16,19,25,27,30H,7-8,13,15,17-18,20-22H2,1H3,(H,41,48)/t25-,27+,30?,37-/m1/s1. The van der Waals surface area contributed by atoms with Gasteiger partial charge in [0.05, 0.1) is 6.20 Å². The van der Waals surface area contributed by atoms with Gasteiger partial charge in [-0.2, -0.15) is 5.10 Å². The van der Waals surface area contributed by atoms with Crippen molar-refractivity contribution in [2.75, 3.05) is 31.1 Å². The van der Waals surface area contributed by atoms with E-state index >= 15 is 4.39 Å². The molecule has 0 spiro atoms. The number of pyridine rings is 1. The molecule has 13 heteroatoms. The summed E-state index contributed by atoms with van der Waals surface area (Å²) in [7, 11) is 1.65. The molecule has 3 fully saturated rings. The molecule has 5 heterocycles. The summed E-state index contributed by atoms with van der Waals surface area (Å²) < 4.78 is 30.3. The number of amides is 1. The third-order valence-corrected chi connectivity index (χ3v) is 10.9. The lowest BCUT2D eigenvalue weighted by atomic mass is 9.90. The van der Waals surface area contributed by atoms with Gasteiger partial charge in [-0.05, 0) is 60.8 Å². The monoisotopic (exact) mass is 697 g/mol. The average Bonchev–Trinajstić information content (AvgIpc) is 3.64. The van der Waals surface area contributed by atoms with Crippen LogP contribution in [0.1, 0.15) is 43.0 Å². The number of fused-ring (bicyclic) bond motifs is 2. The van der Waals surface area contributed by atoms with Crippen molar-refractivity contribution in [1.29, 1.82) is 0 Å². The van der Waals surface area contributed by atoms with Crippen LogP contribution in [0.2, 0.25) is 5.02 Å². The number of hydrogen-bond acceptors (Lipinski definition) is 8. The predicted octanol–water partition coefficient (Wildman–Crippen LogP) is 6.00. The number of anilines is 1. The second-order valence-electron chi connectivity index (χ2n) is 13.4. The minimum Gasteiger partial charge on any atom is -0.445 e. The summed E-state index contributed by atoms with van der Waals surface area (Å²) in [5, 5.41) is 7.91. The number of carbonyl (C=O) groups excluding carboxylic acids is 1. The molecule has 2 aromatic carbocycles. The van der Waals surface area contributed by atoms with E-state index in [1.54, 1.807) is 36.3 Å². The van der Waals surface area contributed by atoms with Crippen LogP contribution in [0.25, 0.3) is 22.4 Å². The first-order valence-electron chi connectivity index (χ1n) is 17.0. The van der Waals surface area contributed by atoms with E-state index in [9.17, 15) is 9.59 Å². The normalized spacial score (nSPS) is 23.0. The number of piperidine rings is 1. The van der Waals surface area contributed by atoms with Crippen LogP contribution in [0, 0.1) is 17.7 Å². The van der Waals surface area contributed by atoms with Crippen molar-refractivity contribution in [2.45, 2.75) is 43.9 Å². The summed E-state index contributed by atoms with van der Waals surface area (Å²) in [6.45, 7) is 2.29. The van der Waals surface area contributed by atoms with E-state index in [1.807, 2.05) is 42.5 Å². The first kappa shape index (κ1) is 32.4. The molecular weight excluding hydrogens is 661 g/mol. The van der Waals surface area contributed by atoms with Gasteiger partial charge in [0.2, 0.25) is 0 Å². The number of rotatable bonds is 8. The summed E-state index contributed by atoms with van der Waals surface area (Å²) in [6, 6.07) is 18.1. The molecule has 1 N–H and O–H groups in total. The van der Waals surface area contributed by atoms with Gasteiger partial charge in [0, 0.05) is 50.5 Å². The molecule has 1 saturated carbocycles. The van der Waals surface area contributed by atoms with E-state index in [2.05, 4.69) is 10.2 Å². The Balaban J connectivity index is 1.09. The Morgan fingerprint density at radius 1 is 1.10 bits per heavy atom. The molecule has 1 aliphatic carbocycles. The average molecular weight is 698 g/mol. The van der Waals surface area contributed by atoms with E-state index in [1.165, 1.54) is 10.6 Å². The SMILES string of the molecule is Cn1ccc(-c2nn(C3CCCCO3)c3nc(N4CC[C@@H]5[C@H](C4)[C@@]5(CNC(=O)OCc4ccccc4)c4ccccc4F)cnc23)c(Cl)c1=O. The predicted molar refractivity (Wildman–Crippen MR) is 186 cm³/mol. The number of halogens is 2. The minimum absolute atomic E-state index is 0.0570. The van der Waals surface area contributed by atoms with Crippen molar-refractivity contribution < 1.29 is 18.7 Å². The van der Waals surface area contributed by atoms with Crippen LogP contribution >= 0.6 is 11.6 Å². The lowest BCUT2D eigenvalue weighted by Gasteiger charge is -2.27.